The fraction of sp³-hybridized carbons (Fsp3) is 0.0667. The van der Waals surface area contributed by atoms with Gasteiger partial charge in [-0.2, -0.15) is 0 Å². The monoisotopic (exact) mass is 353 g/mol. The van der Waals surface area contributed by atoms with Crippen LogP contribution in [0.5, 0.6) is 0 Å². The molecule has 0 saturated carbocycles. The largest absolute Gasteiger partial charge is 0.444 e. The fourth-order valence-electron chi connectivity index (χ4n) is 2.05. The second-order valence-electron chi connectivity index (χ2n) is 4.33. The van der Waals surface area contributed by atoms with E-state index < -0.39 is 0 Å². The Morgan fingerprint density at radius 2 is 2.00 bits per heavy atom. The highest BCUT2D eigenvalue weighted by atomic mass is 79.9. The third kappa shape index (κ3) is 2.53. The Bertz CT molecular complexity index is 772. The van der Waals surface area contributed by atoms with Crippen LogP contribution in [0.25, 0.3) is 11.0 Å². The predicted molar refractivity (Wildman–Crippen MR) is 82.7 cm³/mol. The highest BCUT2D eigenvalue weighted by molar-refractivity contribution is 9.10. The van der Waals surface area contributed by atoms with Crippen molar-refractivity contribution in [1.29, 1.82) is 0 Å². The van der Waals surface area contributed by atoms with E-state index in [9.17, 15) is 4.39 Å². The second-order valence-corrected chi connectivity index (χ2v) is 5.53. The zero-order valence-corrected chi connectivity index (χ0v) is 12.6. The summed E-state index contributed by atoms with van der Waals surface area (Å²) >= 11 is 9.49. The normalized spacial score (nSPS) is 10.9. The molecule has 2 nitrogen and oxygen atoms in total. The Hall–Kier alpha value is -1.52. The Balaban J connectivity index is 1.90. The Morgan fingerprint density at radius 3 is 2.85 bits per heavy atom. The van der Waals surface area contributed by atoms with E-state index >= 15 is 0 Å². The SMILES string of the molecule is Fc1ccc(Br)c(NCc2c(Cl)oc3ccccc23)c1. The first-order chi connectivity index (χ1) is 9.65. The Morgan fingerprint density at radius 1 is 1.20 bits per heavy atom. The molecule has 1 aromatic heterocycles. The molecule has 0 amide bonds. The van der Waals surface area contributed by atoms with Crippen LogP contribution >= 0.6 is 27.5 Å². The van der Waals surface area contributed by atoms with Crippen molar-refractivity contribution in [3.63, 3.8) is 0 Å². The molecule has 0 atom stereocenters. The lowest BCUT2D eigenvalue weighted by atomic mass is 10.2. The third-order valence-electron chi connectivity index (χ3n) is 3.03. The van der Waals surface area contributed by atoms with Gasteiger partial charge in [0.1, 0.15) is 11.4 Å². The summed E-state index contributed by atoms with van der Waals surface area (Å²) in [6.45, 7) is 0.456. The average Bonchev–Trinajstić information content (AvgIpc) is 2.75. The zero-order chi connectivity index (χ0) is 14.1. The van der Waals surface area contributed by atoms with Crippen molar-refractivity contribution < 1.29 is 8.81 Å². The quantitative estimate of drug-likeness (QED) is 0.662. The first-order valence-corrected chi connectivity index (χ1v) is 7.17. The Kier molecular flexibility index (Phi) is 3.68. The minimum atomic E-state index is -0.293. The number of para-hydroxylation sites is 1. The molecule has 1 heterocycles. The smallest absolute Gasteiger partial charge is 0.199 e. The molecule has 3 aromatic rings. The summed E-state index contributed by atoms with van der Waals surface area (Å²) in [6.07, 6.45) is 0. The van der Waals surface area contributed by atoms with Gasteiger partial charge in [-0.15, -0.1) is 0 Å². The van der Waals surface area contributed by atoms with Gasteiger partial charge in [-0.3, -0.25) is 0 Å². The minimum absolute atomic E-state index is 0.293. The molecule has 0 bridgehead atoms. The third-order valence-corrected chi connectivity index (χ3v) is 4.03. The number of furan rings is 1. The standard InChI is InChI=1S/C15H10BrClFNO/c16-12-6-5-9(18)7-13(12)19-8-11-10-3-1-2-4-14(10)20-15(11)17/h1-7,19H,8H2. The van der Waals surface area contributed by atoms with Gasteiger partial charge in [0.25, 0.3) is 0 Å². The molecule has 20 heavy (non-hydrogen) atoms. The molecular formula is C15H10BrClFNO. The maximum atomic E-state index is 13.2. The topological polar surface area (TPSA) is 25.2 Å². The number of benzene rings is 2. The number of halogens is 3. The highest BCUT2D eigenvalue weighted by Crippen LogP contribution is 2.31. The number of anilines is 1. The van der Waals surface area contributed by atoms with Gasteiger partial charge in [0.2, 0.25) is 0 Å². The van der Waals surface area contributed by atoms with Gasteiger partial charge in [0.05, 0.1) is 5.69 Å². The highest BCUT2D eigenvalue weighted by Gasteiger charge is 2.12. The van der Waals surface area contributed by atoms with E-state index in [1.54, 1.807) is 6.07 Å². The summed E-state index contributed by atoms with van der Waals surface area (Å²) in [5, 5.41) is 4.47. The molecule has 3 rings (SSSR count). The molecule has 5 heteroatoms. The average molecular weight is 355 g/mol. The lowest BCUT2D eigenvalue weighted by molar-refractivity contribution is 0.613. The van der Waals surface area contributed by atoms with Crippen LogP contribution < -0.4 is 5.32 Å². The first-order valence-electron chi connectivity index (χ1n) is 6.00. The molecule has 0 aliphatic carbocycles. The molecule has 0 radical (unpaired) electrons. The molecule has 0 saturated heterocycles. The molecule has 0 fully saturated rings. The van der Waals surface area contributed by atoms with E-state index in [0.717, 1.165) is 21.0 Å². The summed E-state index contributed by atoms with van der Waals surface area (Å²) in [5.74, 6) is -0.293. The number of rotatable bonds is 3. The van der Waals surface area contributed by atoms with Crippen molar-refractivity contribution in [3.05, 3.63) is 63.5 Å². The molecule has 0 aliphatic rings. The fourth-order valence-corrected chi connectivity index (χ4v) is 2.69. The number of nitrogens with one attached hydrogen (secondary N) is 1. The number of hydrogen-bond acceptors (Lipinski definition) is 2. The van der Waals surface area contributed by atoms with Gasteiger partial charge in [0, 0.05) is 22.0 Å². The lowest BCUT2D eigenvalue weighted by Gasteiger charge is -2.08. The van der Waals surface area contributed by atoms with Gasteiger partial charge in [-0.1, -0.05) is 18.2 Å². The summed E-state index contributed by atoms with van der Waals surface area (Å²) in [6, 6.07) is 12.1. The van der Waals surface area contributed by atoms with Crippen LogP contribution in [0.1, 0.15) is 5.56 Å². The van der Waals surface area contributed by atoms with Crippen molar-refractivity contribution in [3.8, 4) is 0 Å². The maximum Gasteiger partial charge on any atom is 0.199 e. The van der Waals surface area contributed by atoms with E-state index in [4.69, 9.17) is 16.0 Å². The first kappa shape index (κ1) is 13.5. The summed E-state index contributed by atoms with van der Waals surface area (Å²) in [5.41, 5.74) is 2.28. The molecular weight excluding hydrogens is 345 g/mol. The van der Waals surface area contributed by atoms with E-state index in [0.29, 0.717) is 17.5 Å². The molecule has 2 aromatic carbocycles. The van der Waals surface area contributed by atoms with Crippen molar-refractivity contribution >= 4 is 44.2 Å². The van der Waals surface area contributed by atoms with Crippen LogP contribution in [-0.4, -0.2) is 0 Å². The molecule has 1 N–H and O–H groups in total. The Labute approximate surface area is 128 Å². The van der Waals surface area contributed by atoms with Crippen LogP contribution in [0.15, 0.2) is 51.4 Å². The zero-order valence-electron chi connectivity index (χ0n) is 10.3. The van der Waals surface area contributed by atoms with Crippen molar-refractivity contribution in [2.75, 3.05) is 5.32 Å². The minimum Gasteiger partial charge on any atom is -0.444 e. The maximum absolute atomic E-state index is 13.2. The van der Waals surface area contributed by atoms with Gasteiger partial charge in [-0.05, 0) is 51.8 Å². The second kappa shape index (κ2) is 5.46. The van der Waals surface area contributed by atoms with Crippen LogP contribution in [-0.2, 0) is 6.54 Å². The molecule has 0 spiro atoms. The predicted octanol–water partition coefficient (Wildman–Crippen LogP) is 5.60. The van der Waals surface area contributed by atoms with E-state index in [-0.39, 0.29) is 5.82 Å². The van der Waals surface area contributed by atoms with Crippen LogP contribution in [0.3, 0.4) is 0 Å². The van der Waals surface area contributed by atoms with E-state index in [2.05, 4.69) is 21.2 Å². The number of fused-ring (bicyclic) bond motifs is 1. The van der Waals surface area contributed by atoms with Crippen LogP contribution in [0.4, 0.5) is 10.1 Å². The van der Waals surface area contributed by atoms with Crippen LogP contribution in [0, 0.1) is 5.82 Å². The summed E-state index contributed by atoms with van der Waals surface area (Å²) in [7, 11) is 0. The van der Waals surface area contributed by atoms with E-state index in [1.165, 1.54) is 12.1 Å². The van der Waals surface area contributed by atoms with E-state index in [1.807, 2.05) is 24.3 Å². The number of hydrogen-bond donors (Lipinski definition) is 1. The molecule has 102 valence electrons. The summed E-state index contributed by atoms with van der Waals surface area (Å²) < 4.78 is 19.5. The van der Waals surface area contributed by atoms with Gasteiger partial charge >= 0.3 is 0 Å². The van der Waals surface area contributed by atoms with Gasteiger partial charge in [0.15, 0.2) is 5.22 Å². The van der Waals surface area contributed by atoms with Crippen molar-refractivity contribution in [1.82, 2.24) is 0 Å². The summed E-state index contributed by atoms with van der Waals surface area (Å²) in [4.78, 5) is 0. The lowest BCUT2D eigenvalue weighted by Crippen LogP contribution is -2.00. The van der Waals surface area contributed by atoms with Gasteiger partial charge in [-0.25, -0.2) is 4.39 Å². The van der Waals surface area contributed by atoms with Crippen molar-refractivity contribution in [2.45, 2.75) is 6.54 Å². The van der Waals surface area contributed by atoms with Gasteiger partial charge < -0.3 is 9.73 Å². The van der Waals surface area contributed by atoms with Crippen molar-refractivity contribution in [2.24, 2.45) is 0 Å². The molecule has 0 aliphatic heterocycles. The molecule has 0 unspecified atom stereocenters. The van der Waals surface area contributed by atoms with Crippen LogP contribution in [0.2, 0.25) is 5.22 Å².